The first-order valence-corrected chi connectivity index (χ1v) is 9.03. The third-order valence-electron chi connectivity index (χ3n) is 4.58. The van der Waals surface area contributed by atoms with Crippen LogP contribution in [-0.2, 0) is 4.79 Å². The SMILES string of the molecule is CCC(CC)c1cc[n+]([C@H](C)C(=O)Nc2cc(Cl)ccc2OC)cc1. The van der Waals surface area contributed by atoms with Crippen LogP contribution >= 0.6 is 11.6 Å². The van der Waals surface area contributed by atoms with Crippen molar-refractivity contribution in [3.63, 3.8) is 0 Å². The number of hydrogen-bond acceptors (Lipinski definition) is 2. The zero-order valence-electron chi connectivity index (χ0n) is 15.3. The maximum atomic E-state index is 12.6. The van der Waals surface area contributed by atoms with E-state index in [1.54, 1.807) is 25.3 Å². The second-order valence-electron chi connectivity index (χ2n) is 6.10. The first-order valence-electron chi connectivity index (χ1n) is 8.65. The number of nitrogens with one attached hydrogen (secondary N) is 1. The Hall–Kier alpha value is -2.07. The van der Waals surface area contributed by atoms with Crippen LogP contribution in [0.1, 0.15) is 51.1 Å². The number of halogens is 1. The smallest absolute Gasteiger partial charge is 0.293 e. The van der Waals surface area contributed by atoms with Crippen LogP contribution in [0.15, 0.2) is 42.7 Å². The summed E-state index contributed by atoms with van der Waals surface area (Å²) in [5, 5.41) is 3.44. The Bertz CT molecular complexity index is 712. The average molecular weight is 362 g/mol. The van der Waals surface area contributed by atoms with Crippen molar-refractivity contribution < 1.29 is 14.1 Å². The lowest BCUT2D eigenvalue weighted by Crippen LogP contribution is -2.44. The molecule has 0 aliphatic heterocycles. The quantitative estimate of drug-likeness (QED) is 0.724. The summed E-state index contributed by atoms with van der Waals surface area (Å²) < 4.78 is 7.17. The predicted octanol–water partition coefficient (Wildman–Crippen LogP) is 4.74. The van der Waals surface area contributed by atoms with Crippen LogP contribution in [0.5, 0.6) is 5.75 Å². The van der Waals surface area contributed by atoms with Gasteiger partial charge in [0.05, 0.1) is 12.8 Å². The van der Waals surface area contributed by atoms with Crippen LogP contribution < -0.4 is 14.6 Å². The minimum absolute atomic E-state index is 0.124. The molecule has 1 atom stereocenters. The number of ether oxygens (including phenoxy) is 1. The highest BCUT2D eigenvalue weighted by atomic mass is 35.5. The summed E-state index contributed by atoms with van der Waals surface area (Å²) in [6.07, 6.45) is 6.16. The van der Waals surface area contributed by atoms with Crippen molar-refractivity contribution in [1.29, 1.82) is 0 Å². The van der Waals surface area contributed by atoms with Gasteiger partial charge in [-0.1, -0.05) is 25.4 Å². The maximum Gasteiger partial charge on any atom is 0.293 e. The molecule has 2 rings (SSSR count). The number of amides is 1. The zero-order chi connectivity index (χ0) is 18.4. The van der Waals surface area contributed by atoms with Gasteiger partial charge in [-0.05, 0) is 42.5 Å². The molecule has 0 bridgehead atoms. The molecule has 4 nitrogen and oxygen atoms in total. The van der Waals surface area contributed by atoms with Crippen LogP contribution in [0.25, 0.3) is 0 Å². The number of anilines is 1. The molecule has 0 spiro atoms. The average Bonchev–Trinajstić information content (AvgIpc) is 2.63. The number of carbonyl (C=O) groups excluding carboxylic acids is 1. The molecule has 1 aromatic heterocycles. The van der Waals surface area contributed by atoms with Gasteiger partial charge >= 0.3 is 0 Å². The standard InChI is InChI=1S/C20H25ClN2O2/c1-5-15(6-2)16-9-11-23(12-10-16)14(3)20(24)22-18-13-17(21)7-8-19(18)25-4/h7-15H,5-6H2,1-4H3/p+1/t14-/m1/s1. The number of rotatable bonds is 7. The van der Waals surface area contributed by atoms with Gasteiger partial charge in [0.2, 0.25) is 6.04 Å². The number of aromatic nitrogens is 1. The highest BCUT2D eigenvalue weighted by Gasteiger charge is 2.23. The largest absolute Gasteiger partial charge is 0.495 e. The number of hydrogen-bond donors (Lipinski definition) is 1. The van der Waals surface area contributed by atoms with E-state index >= 15 is 0 Å². The topological polar surface area (TPSA) is 42.2 Å². The van der Waals surface area contributed by atoms with Gasteiger partial charge in [0.15, 0.2) is 12.4 Å². The van der Waals surface area contributed by atoms with Crippen molar-refractivity contribution in [2.75, 3.05) is 12.4 Å². The number of benzene rings is 1. The molecule has 0 saturated carbocycles. The Kier molecular flexibility index (Phi) is 6.82. The highest BCUT2D eigenvalue weighted by Crippen LogP contribution is 2.28. The fourth-order valence-electron chi connectivity index (χ4n) is 2.89. The Morgan fingerprint density at radius 3 is 2.40 bits per heavy atom. The molecule has 1 aromatic carbocycles. The van der Waals surface area contributed by atoms with Crippen LogP contribution in [0.4, 0.5) is 5.69 Å². The van der Waals surface area contributed by atoms with E-state index in [-0.39, 0.29) is 11.9 Å². The second-order valence-corrected chi connectivity index (χ2v) is 6.54. The summed E-state index contributed by atoms with van der Waals surface area (Å²) in [5.74, 6) is 1.02. The summed E-state index contributed by atoms with van der Waals surface area (Å²) in [6.45, 7) is 6.26. The van der Waals surface area contributed by atoms with E-state index in [0.29, 0.717) is 22.4 Å². The molecule has 2 aromatic rings. The van der Waals surface area contributed by atoms with Gasteiger partial charge in [0, 0.05) is 24.1 Å². The van der Waals surface area contributed by atoms with E-state index < -0.39 is 0 Å². The van der Waals surface area contributed by atoms with E-state index in [9.17, 15) is 4.79 Å². The number of methoxy groups -OCH3 is 1. The summed E-state index contributed by atoms with van der Waals surface area (Å²) >= 11 is 6.02. The molecule has 0 saturated heterocycles. The van der Waals surface area contributed by atoms with Crippen LogP contribution in [0, 0.1) is 0 Å². The molecule has 25 heavy (non-hydrogen) atoms. The number of carbonyl (C=O) groups is 1. The summed E-state index contributed by atoms with van der Waals surface area (Å²) in [6, 6.07) is 9.00. The van der Waals surface area contributed by atoms with Crippen LogP contribution in [0.2, 0.25) is 5.02 Å². The van der Waals surface area contributed by atoms with E-state index in [1.165, 1.54) is 5.56 Å². The number of pyridine rings is 1. The molecular formula is C20H26ClN2O2+. The third kappa shape index (κ3) is 4.73. The Balaban J connectivity index is 2.13. The third-order valence-corrected chi connectivity index (χ3v) is 4.82. The van der Waals surface area contributed by atoms with Crippen molar-refractivity contribution in [1.82, 2.24) is 0 Å². The van der Waals surface area contributed by atoms with Crippen molar-refractivity contribution >= 4 is 23.2 Å². The van der Waals surface area contributed by atoms with E-state index in [1.807, 2.05) is 23.9 Å². The predicted molar refractivity (Wildman–Crippen MR) is 101 cm³/mol. The van der Waals surface area contributed by atoms with E-state index in [0.717, 1.165) is 12.8 Å². The maximum absolute atomic E-state index is 12.6. The molecule has 0 unspecified atom stereocenters. The molecule has 0 aliphatic rings. The van der Waals surface area contributed by atoms with Crippen molar-refractivity contribution in [3.05, 3.63) is 53.3 Å². The van der Waals surface area contributed by atoms with Gasteiger partial charge in [-0.15, -0.1) is 0 Å². The molecule has 0 aliphatic carbocycles. The van der Waals surface area contributed by atoms with Gasteiger partial charge in [-0.3, -0.25) is 4.79 Å². The highest BCUT2D eigenvalue weighted by molar-refractivity contribution is 6.31. The lowest BCUT2D eigenvalue weighted by atomic mass is 9.95. The first kappa shape index (κ1) is 19.3. The van der Waals surface area contributed by atoms with Gasteiger partial charge in [-0.2, -0.15) is 4.57 Å². The lowest BCUT2D eigenvalue weighted by molar-refractivity contribution is -0.705. The van der Waals surface area contributed by atoms with E-state index in [4.69, 9.17) is 16.3 Å². The fraction of sp³-hybridized carbons (Fsp3) is 0.400. The van der Waals surface area contributed by atoms with Gasteiger partial charge in [-0.25, -0.2) is 0 Å². The molecule has 1 N–H and O–H groups in total. The Labute approximate surface area is 154 Å². The monoisotopic (exact) mass is 361 g/mol. The summed E-state index contributed by atoms with van der Waals surface area (Å²) in [5.41, 5.74) is 1.88. The minimum atomic E-state index is -0.348. The molecule has 0 fully saturated rings. The number of nitrogens with zero attached hydrogens (tertiary/aromatic N) is 1. The summed E-state index contributed by atoms with van der Waals surface area (Å²) in [7, 11) is 1.56. The fourth-order valence-corrected chi connectivity index (χ4v) is 3.06. The Morgan fingerprint density at radius 2 is 1.84 bits per heavy atom. The van der Waals surface area contributed by atoms with Gasteiger partial charge in [0.1, 0.15) is 5.75 Å². The molecule has 1 amide bonds. The zero-order valence-corrected chi connectivity index (χ0v) is 16.0. The second kappa shape index (κ2) is 8.86. The van der Waals surface area contributed by atoms with Crippen LogP contribution in [0.3, 0.4) is 0 Å². The molecule has 5 heteroatoms. The van der Waals surface area contributed by atoms with Gasteiger partial charge in [0.25, 0.3) is 5.91 Å². The molecule has 0 radical (unpaired) electrons. The molecule has 1 heterocycles. The van der Waals surface area contributed by atoms with Crippen molar-refractivity contribution in [3.8, 4) is 5.75 Å². The Morgan fingerprint density at radius 1 is 1.20 bits per heavy atom. The van der Waals surface area contributed by atoms with Crippen LogP contribution in [-0.4, -0.2) is 13.0 Å². The summed E-state index contributed by atoms with van der Waals surface area (Å²) in [4.78, 5) is 12.6. The van der Waals surface area contributed by atoms with Crippen molar-refractivity contribution in [2.24, 2.45) is 0 Å². The van der Waals surface area contributed by atoms with Crippen molar-refractivity contribution in [2.45, 2.75) is 45.6 Å². The minimum Gasteiger partial charge on any atom is -0.495 e. The molecular weight excluding hydrogens is 336 g/mol. The molecule has 134 valence electrons. The first-order chi connectivity index (χ1) is 12.0. The van der Waals surface area contributed by atoms with Gasteiger partial charge < -0.3 is 10.1 Å². The normalized spacial score (nSPS) is 12.1. The lowest BCUT2D eigenvalue weighted by Gasteiger charge is -2.14. The van der Waals surface area contributed by atoms with E-state index in [2.05, 4.69) is 31.3 Å².